The van der Waals surface area contributed by atoms with Gasteiger partial charge in [0.1, 0.15) is 36.1 Å². The normalized spacial score (nSPS) is 19.5. The molecule has 0 radical (unpaired) electrons. The first-order valence-corrected chi connectivity index (χ1v) is 13.2. The zero-order chi connectivity index (χ0) is 26.9. The van der Waals surface area contributed by atoms with Crippen LogP contribution < -0.4 is 14.8 Å². The molecule has 3 aromatic rings. The Labute approximate surface area is 226 Å². The van der Waals surface area contributed by atoms with E-state index in [0.29, 0.717) is 48.8 Å². The van der Waals surface area contributed by atoms with E-state index in [1.54, 1.807) is 23.1 Å². The Hall–Kier alpha value is -4.17. The zero-order valence-corrected chi connectivity index (χ0v) is 21.6. The van der Waals surface area contributed by atoms with Crippen LogP contribution in [-0.4, -0.2) is 46.8 Å². The summed E-state index contributed by atoms with van der Waals surface area (Å²) in [4.78, 5) is 29.5. The Morgan fingerprint density at radius 3 is 2.46 bits per heavy atom. The number of nitrogens with zero attached hydrogens (tertiary/aromatic N) is 2. The van der Waals surface area contributed by atoms with Crippen LogP contribution in [0.2, 0.25) is 0 Å². The van der Waals surface area contributed by atoms with Gasteiger partial charge in [-0.25, -0.2) is 4.39 Å². The van der Waals surface area contributed by atoms with Crippen molar-refractivity contribution in [2.45, 2.75) is 44.7 Å². The van der Waals surface area contributed by atoms with Gasteiger partial charge in [-0.2, -0.15) is 0 Å². The highest BCUT2D eigenvalue weighted by Gasteiger charge is 2.39. The molecule has 8 heteroatoms. The fraction of sp³-hybridized carbons (Fsp3) is 0.290. The van der Waals surface area contributed by atoms with Gasteiger partial charge in [-0.3, -0.25) is 14.5 Å². The molecular formula is C31H30FN3O4. The van der Waals surface area contributed by atoms with E-state index in [2.05, 4.69) is 41.1 Å². The van der Waals surface area contributed by atoms with Crippen LogP contribution in [0.15, 0.2) is 79.0 Å². The number of benzene rings is 3. The topological polar surface area (TPSA) is 71.1 Å². The summed E-state index contributed by atoms with van der Waals surface area (Å²) in [7, 11) is 0. The molecule has 0 spiro atoms. The molecule has 0 saturated carbocycles. The average Bonchev–Trinajstić information content (AvgIpc) is 3.25. The van der Waals surface area contributed by atoms with Gasteiger partial charge >= 0.3 is 0 Å². The Morgan fingerprint density at radius 1 is 0.974 bits per heavy atom. The summed E-state index contributed by atoms with van der Waals surface area (Å²) in [5.74, 6) is 0.782. The first-order valence-electron chi connectivity index (χ1n) is 13.2. The van der Waals surface area contributed by atoms with Crippen LogP contribution in [0.4, 0.5) is 4.39 Å². The second-order valence-corrected chi connectivity index (χ2v) is 10.4. The number of carbonyl (C=O) groups excluding carboxylic acids is 2. The van der Waals surface area contributed by atoms with Gasteiger partial charge in [-0.05, 0) is 60.4 Å². The number of hydrogen-bond donors (Lipinski definition) is 1. The number of rotatable bonds is 8. The molecule has 3 heterocycles. The maximum absolute atomic E-state index is 13.1. The maximum Gasteiger partial charge on any atom is 0.255 e. The van der Waals surface area contributed by atoms with E-state index in [9.17, 15) is 14.0 Å². The molecule has 0 aromatic heterocycles. The largest absolute Gasteiger partial charge is 0.489 e. The molecule has 3 aromatic carbocycles. The highest BCUT2D eigenvalue weighted by molar-refractivity contribution is 6.02. The third-order valence-corrected chi connectivity index (χ3v) is 7.51. The van der Waals surface area contributed by atoms with E-state index in [1.807, 2.05) is 12.1 Å². The number of halogens is 1. The molecule has 0 bridgehead atoms. The molecule has 1 atom stereocenters. The Bertz CT molecular complexity index is 1400. The van der Waals surface area contributed by atoms with Crippen molar-refractivity contribution in [3.8, 4) is 11.5 Å². The summed E-state index contributed by atoms with van der Waals surface area (Å²) in [6.07, 6.45) is 1.36. The Kier molecular flexibility index (Phi) is 6.79. The Morgan fingerprint density at radius 2 is 1.72 bits per heavy atom. The van der Waals surface area contributed by atoms with Gasteiger partial charge in [0.15, 0.2) is 0 Å². The highest BCUT2D eigenvalue weighted by atomic mass is 19.1. The highest BCUT2D eigenvalue weighted by Crippen LogP contribution is 2.34. The van der Waals surface area contributed by atoms with Gasteiger partial charge < -0.3 is 19.7 Å². The molecule has 39 heavy (non-hydrogen) atoms. The fourth-order valence-electron chi connectivity index (χ4n) is 5.36. The van der Waals surface area contributed by atoms with Crippen molar-refractivity contribution in [3.63, 3.8) is 0 Å². The standard InChI is InChI=1S/C31H30FN3O4/c1-20-5-14-28(30(36)33-20)35-18-27-26(31(35)37)3-2-4-29(27)38-19-22-8-6-21(7-9-22)15-34-16-25(17-34)39-24-12-10-23(32)11-13-24/h2-4,6-13,25,28H,1,5,14-19H2,(H,33,36). The van der Waals surface area contributed by atoms with Crippen molar-refractivity contribution >= 4 is 11.8 Å². The molecule has 7 nitrogen and oxygen atoms in total. The van der Waals surface area contributed by atoms with Gasteiger partial charge in [0.2, 0.25) is 5.91 Å². The quantitative estimate of drug-likeness (QED) is 0.470. The number of piperidine rings is 1. The summed E-state index contributed by atoms with van der Waals surface area (Å²) in [6.45, 7) is 7.05. The lowest BCUT2D eigenvalue weighted by Gasteiger charge is -2.39. The second-order valence-electron chi connectivity index (χ2n) is 10.4. The number of fused-ring (bicyclic) bond motifs is 1. The third-order valence-electron chi connectivity index (χ3n) is 7.51. The number of nitrogens with one attached hydrogen (secondary N) is 1. The van der Waals surface area contributed by atoms with E-state index in [0.717, 1.165) is 30.8 Å². The van der Waals surface area contributed by atoms with Gasteiger partial charge in [0.25, 0.3) is 5.91 Å². The lowest BCUT2D eigenvalue weighted by Crippen LogP contribution is -2.53. The second kappa shape index (κ2) is 10.5. The fourth-order valence-corrected chi connectivity index (χ4v) is 5.36. The predicted octanol–water partition coefficient (Wildman–Crippen LogP) is 4.42. The smallest absolute Gasteiger partial charge is 0.255 e. The molecule has 3 aliphatic heterocycles. The minimum Gasteiger partial charge on any atom is -0.489 e. The average molecular weight is 528 g/mol. The SMILES string of the molecule is C=C1CCC(N2Cc3c(OCc4ccc(CN5CC(Oc6ccc(F)cc6)C5)cc4)cccc3C2=O)C(=O)N1. The van der Waals surface area contributed by atoms with Gasteiger partial charge in [0, 0.05) is 36.5 Å². The van der Waals surface area contributed by atoms with E-state index in [-0.39, 0.29) is 23.7 Å². The van der Waals surface area contributed by atoms with Gasteiger partial charge in [0.05, 0.1) is 6.54 Å². The zero-order valence-electron chi connectivity index (χ0n) is 21.6. The molecule has 0 aliphatic carbocycles. The summed E-state index contributed by atoms with van der Waals surface area (Å²) in [6, 6.07) is 19.4. The van der Waals surface area contributed by atoms with Crippen molar-refractivity contribution < 1.29 is 23.5 Å². The molecule has 2 saturated heterocycles. The first-order chi connectivity index (χ1) is 18.9. The van der Waals surface area contributed by atoms with Crippen LogP contribution in [0.5, 0.6) is 11.5 Å². The summed E-state index contributed by atoms with van der Waals surface area (Å²) < 4.78 is 25.1. The van der Waals surface area contributed by atoms with Crippen LogP contribution in [0.25, 0.3) is 0 Å². The van der Waals surface area contributed by atoms with Gasteiger partial charge in [-0.1, -0.05) is 36.9 Å². The lowest BCUT2D eigenvalue weighted by molar-refractivity contribution is -0.126. The van der Waals surface area contributed by atoms with Gasteiger partial charge in [-0.15, -0.1) is 0 Å². The maximum atomic E-state index is 13.1. The van der Waals surface area contributed by atoms with Crippen molar-refractivity contribution in [3.05, 3.63) is 107 Å². The molecule has 6 rings (SSSR count). The summed E-state index contributed by atoms with van der Waals surface area (Å²) in [5.41, 5.74) is 4.35. The van der Waals surface area contributed by atoms with E-state index in [1.165, 1.54) is 17.7 Å². The molecule has 2 fully saturated rings. The van der Waals surface area contributed by atoms with Crippen LogP contribution >= 0.6 is 0 Å². The van der Waals surface area contributed by atoms with Crippen LogP contribution in [0.1, 0.15) is 39.9 Å². The number of likely N-dealkylation sites (tertiary alicyclic amines) is 1. The number of allylic oxidation sites excluding steroid dienone is 1. The molecule has 200 valence electrons. The van der Waals surface area contributed by atoms with E-state index in [4.69, 9.17) is 9.47 Å². The van der Waals surface area contributed by atoms with E-state index >= 15 is 0 Å². The Balaban J connectivity index is 1.01. The monoisotopic (exact) mass is 527 g/mol. The minimum absolute atomic E-state index is 0.116. The van der Waals surface area contributed by atoms with Crippen molar-refractivity contribution in [2.75, 3.05) is 13.1 Å². The minimum atomic E-state index is -0.494. The molecule has 1 N–H and O–H groups in total. The predicted molar refractivity (Wildman–Crippen MR) is 143 cm³/mol. The number of carbonyl (C=O) groups is 2. The molecular weight excluding hydrogens is 497 g/mol. The third kappa shape index (κ3) is 5.38. The van der Waals surface area contributed by atoms with Crippen LogP contribution in [-0.2, 0) is 24.5 Å². The molecule has 3 aliphatic rings. The summed E-state index contributed by atoms with van der Waals surface area (Å²) in [5, 5.41) is 2.77. The number of amides is 2. The van der Waals surface area contributed by atoms with Crippen molar-refractivity contribution in [2.24, 2.45) is 0 Å². The number of hydrogen-bond acceptors (Lipinski definition) is 5. The lowest BCUT2D eigenvalue weighted by atomic mass is 10.0. The molecule has 2 amide bonds. The number of ether oxygens (including phenoxy) is 2. The van der Waals surface area contributed by atoms with E-state index < -0.39 is 6.04 Å². The van der Waals surface area contributed by atoms with Crippen LogP contribution in [0, 0.1) is 5.82 Å². The molecule has 1 unspecified atom stereocenters. The summed E-state index contributed by atoms with van der Waals surface area (Å²) >= 11 is 0. The first kappa shape index (κ1) is 25.1. The van der Waals surface area contributed by atoms with Crippen molar-refractivity contribution in [1.82, 2.24) is 15.1 Å². The van der Waals surface area contributed by atoms with Crippen LogP contribution in [0.3, 0.4) is 0 Å². The van der Waals surface area contributed by atoms with Crippen molar-refractivity contribution in [1.29, 1.82) is 0 Å².